The van der Waals surface area contributed by atoms with Gasteiger partial charge in [-0.3, -0.25) is 4.79 Å². The van der Waals surface area contributed by atoms with Crippen molar-refractivity contribution in [2.24, 2.45) is 5.92 Å². The Labute approximate surface area is 126 Å². The Balaban J connectivity index is 3.18. The SMILES string of the molecule is CC[C@@H](C)CCCCC/C=C/CCCCCC(=O)OC. The summed E-state index contributed by atoms with van der Waals surface area (Å²) in [6, 6.07) is 0. The van der Waals surface area contributed by atoms with E-state index in [1.54, 1.807) is 0 Å². The van der Waals surface area contributed by atoms with Crippen molar-refractivity contribution in [2.45, 2.75) is 84.5 Å². The molecule has 0 rings (SSSR count). The predicted octanol–water partition coefficient (Wildman–Crippen LogP) is 5.66. The highest BCUT2D eigenvalue weighted by Crippen LogP contribution is 2.13. The van der Waals surface area contributed by atoms with Gasteiger partial charge in [0.05, 0.1) is 7.11 Å². The third-order valence-corrected chi connectivity index (χ3v) is 3.91. The highest BCUT2D eigenvalue weighted by molar-refractivity contribution is 5.68. The third-order valence-electron chi connectivity index (χ3n) is 3.91. The summed E-state index contributed by atoms with van der Waals surface area (Å²) < 4.78 is 4.61. The first-order valence-corrected chi connectivity index (χ1v) is 8.42. The highest BCUT2D eigenvalue weighted by Gasteiger charge is 1.98. The lowest BCUT2D eigenvalue weighted by Gasteiger charge is -2.06. The molecule has 0 bridgehead atoms. The van der Waals surface area contributed by atoms with Crippen LogP contribution in [0.1, 0.15) is 84.5 Å². The molecule has 2 heteroatoms. The number of rotatable bonds is 13. The maximum absolute atomic E-state index is 10.9. The molecule has 0 aliphatic carbocycles. The van der Waals surface area contributed by atoms with Crippen LogP contribution in [0.25, 0.3) is 0 Å². The van der Waals surface area contributed by atoms with E-state index in [-0.39, 0.29) is 5.97 Å². The molecule has 0 aliphatic rings. The monoisotopic (exact) mass is 282 g/mol. The fourth-order valence-electron chi connectivity index (χ4n) is 2.18. The normalized spacial score (nSPS) is 12.8. The van der Waals surface area contributed by atoms with Crippen LogP contribution in [0.3, 0.4) is 0 Å². The molecule has 118 valence electrons. The first kappa shape index (κ1) is 19.2. The van der Waals surface area contributed by atoms with Crippen molar-refractivity contribution in [3.8, 4) is 0 Å². The summed E-state index contributed by atoms with van der Waals surface area (Å²) >= 11 is 0. The zero-order chi connectivity index (χ0) is 15.1. The van der Waals surface area contributed by atoms with Gasteiger partial charge in [0.15, 0.2) is 0 Å². The smallest absolute Gasteiger partial charge is 0.305 e. The van der Waals surface area contributed by atoms with Gasteiger partial charge in [-0.2, -0.15) is 0 Å². The molecule has 0 aliphatic heterocycles. The maximum Gasteiger partial charge on any atom is 0.305 e. The first-order valence-electron chi connectivity index (χ1n) is 8.42. The van der Waals surface area contributed by atoms with Crippen LogP contribution in [-0.4, -0.2) is 13.1 Å². The Kier molecular flexibility index (Phi) is 14.0. The number of hydrogen-bond donors (Lipinski definition) is 0. The summed E-state index contributed by atoms with van der Waals surface area (Å²) in [5.41, 5.74) is 0. The van der Waals surface area contributed by atoms with Crippen LogP contribution in [0.4, 0.5) is 0 Å². The molecule has 0 spiro atoms. The number of hydrogen-bond acceptors (Lipinski definition) is 2. The minimum atomic E-state index is -0.0852. The molecule has 2 nitrogen and oxygen atoms in total. The predicted molar refractivity (Wildman–Crippen MR) is 86.8 cm³/mol. The molecule has 0 saturated heterocycles. The quantitative estimate of drug-likeness (QED) is 0.247. The van der Waals surface area contributed by atoms with E-state index in [9.17, 15) is 4.79 Å². The van der Waals surface area contributed by atoms with E-state index in [1.807, 2.05) is 0 Å². The molecule has 0 saturated carbocycles. The number of unbranched alkanes of at least 4 members (excludes halogenated alkanes) is 6. The highest BCUT2D eigenvalue weighted by atomic mass is 16.5. The van der Waals surface area contributed by atoms with E-state index >= 15 is 0 Å². The zero-order valence-electron chi connectivity index (χ0n) is 13.8. The van der Waals surface area contributed by atoms with E-state index in [1.165, 1.54) is 52.1 Å². The summed E-state index contributed by atoms with van der Waals surface area (Å²) in [7, 11) is 1.45. The third kappa shape index (κ3) is 13.6. The average molecular weight is 282 g/mol. The standard InChI is InChI=1S/C18H34O2/c1-4-17(2)15-13-11-9-7-5-6-8-10-12-14-16-18(19)20-3/h5-6,17H,4,7-16H2,1-3H3/b6-5+/t17-/m1/s1. The van der Waals surface area contributed by atoms with Crippen molar-refractivity contribution in [2.75, 3.05) is 7.11 Å². The van der Waals surface area contributed by atoms with E-state index in [2.05, 4.69) is 30.7 Å². The summed E-state index contributed by atoms with van der Waals surface area (Å²) in [6.45, 7) is 4.62. The minimum Gasteiger partial charge on any atom is -0.469 e. The van der Waals surface area contributed by atoms with Gasteiger partial charge in [0.25, 0.3) is 0 Å². The number of ether oxygens (including phenoxy) is 1. The van der Waals surface area contributed by atoms with Gasteiger partial charge in [0.1, 0.15) is 0 Å². The molecule has 1 atom stereocenters. The second-order valence-corrected chi connectivity index (χ2v) is 5.80. The summed E-state index contributed by atoms with van der Waals surface area (Å²) in [5, 5.41) is 0. The van der Waals surface area contributed by atoms with Gasteiger partial charge >= 0.3 is 5.97 Å². The molecule has 0 N–H and O–H groups in total. The van der Waals surface area contributed by atoms with Gasteiger partial charge in [-0.05, 0) is 38.0 Å². The first-order chi connectivity index (χ1) is 9.70. The number of methoxy groups -OCH3 is 1. The van der Waals surface area contributed by atoms with Gasteiger partial charge < -0.3 is 4.74 Å². The molecule has 0 unspecified atom stereocenters. The van der Waals surface area contributed by atoms with Crippen molar-refractivity contribution in [3.63, 3.8) is 0 Å². The van der Waals surface area contributed by atoms with Gasteiger partial charge in [0.2, 0.25) is 0 Å². The van der Waals surface area contributed by atoms with Crippen LogP contribution in [0.2, 0.25) is 0 Å². The van der Waals surface area contributed by atoms with Gasteiger partial charge in [-0.25, -0.2) is 0 Å². The van der Waals surface area contributed by atoms with E-state index < -0.39 is 0 Å². The lowest BCUT2D eigenvalue weighted by Crippen LogP contribution is -1.98. The maximum atomic E-state index is 10.9. The fraction of sp³-hybridized carbons (Fsp3) is 0.833. The minimum absolute atomic E-state index is 0.0852. The van der Waals surface area contributed by atoms with E-state index in [4.69, 9.17) is 0 Å². The number of allylic oxidation sites excluding steroid dienone is 2. The zero-order valence-corrected chi connectivity index (χ0v) is 13.8. The van der Waals surface area contributed by atoms with Crippen LogP contribution in [0.15, 0.2) is 12.2 Å². The molecular weight excluding hydrogens is 248 g/mol. The molecule has 20 heavy (non-hydrogen) atoms. The molecule has 0 aromatic rings. The van der Waals surface area contributed by atoms with E-state index in [0.717, 1.165) is 25.2 Å². The molecular formula is C18H34O2. The average Bonchev–Trinajstić information content (AvgIpc) is 2.47. The van der Waals surface area contributed by atoms with Crippen LogP contribution in [-0.2, 0) is 9.53 Å². The second kappa shape index (κ2) is 14.6. The van der Waals surface area contributed by atoms with Gasteiger partial charge in [0, 0.05) is 6.42 Å². The molecule has 0 aromatic carbocycles. The summed E-state index contributed by atoms with van der Waals surface area (Å²) in [5.74, 6) is 0.813. The lowest BCUT2D eigenvalue weighted by atomic mass is 10.0. The Morgan fingerprint density at radius 1 is 1.00 bits per heavy atom. The number of carbonyl (C=O) groups is 1. The van der Waals surface area contributed by atoms with Crippen LogP contribution in [0, 0.1) is 5.92 Å². The number of esters is 1. The van der Waals surface area contributed by atoms with Crippen molar-refractivity contribution in [1.29, 1.82) is 0 Å². The van der Waals surface area contributed by atoms with Crippen molar-refractivity contribution < 1.29 is 9.53 Å². The summed E-state index contributed by atoms with van der Waals surface area (Å²) in [6.07, 6.45) is 17.6. The second-order valence-electron chi connectivity index (χ2n) is 5.80. The Morgan fingerprint density at radius 3 is 2.15 bits per heavy atom. The number of carbonyl (C=O) groups excluding carboxylic acids is 1. The summed E-state index contributed by atoms with van der Waals surface area (Å²) in [4.78, 5) is 10.9. The van der Waals surface area contributed by atoms with E-state index in [0.29, 0.717) is 6.42 Å². The molecule has 0 aromatic heterocycles. The van der Waals surface area contributed by atoms with Gasteiger partial charge in [-0.15, -0.1) is 0 Å². The Bertz CT molecular complexity index is 246. The van der Waals surface area contributed by atoms with Crippen LogP contribution >= 0.6 is 0 Å². The van der Waals surface area contributed by atoms with Crippen molar-refractivity contribution in [1.82, 2.24) is 0 Å². The molecule has 0 fully saturated rings. The molecule has 0 heterocycles. The molecule has 0 amide bonds. The fourth-order valence-corrected chi connectivity index (χ4v) is 2.18. The Hall–Kier alpha value is -0.790. The van der Waals surface area contributed by atoms with Crippen molar-refractivity contribution in [3.05, 3.63) is 12.2 Å². The molecule has 0 radical (unpaired) electrons. The van der Waals surface area contributed by atoms with Crippen LogP contribution in [0.5, 0.6) is 0 Å². The Morgan fingerprint density at radius 2 is 1.60 bits per heavy atom. The van der Waals surface area contributed by atoms with Crippen molar-refractivity contribution >= 4 is 5.97 Å². The largest absolute Gasteiger partial charge is 0.469 e. The topological polar surface area (TPSA) is 26.3 Å². The van der Waals surface area contributed by atoms with Gasteiger partial charge in [-0.1, -0.05) is 58.1 Å². The van der Waals surface area contributed by atoms with Crippen LogP contribution < -0.4 is 0 Å². The lowest BCUT2D eigenvalue weighted by molar-refractivity contribution is -0.140.